The van der Waals surface area contributed by atoms with Crippen LogP contribution < -0.4 is 10.6 Å². The maximum Gasteiger partial charge on any atom is 0.319 e. The number of methoxy groups -OCH3 is 1. The van der Waals surface area contributed by atoms with Gasteiger partial charge in [-0.05, 0) is 43.7 Å². The van der Waals surface area contributed by atoms with E-state index in [1.54, 1.807) is 42.1 Å². The minimum atomic E-state index is -0.698. The predicted molar refractivity (Wildman–Crippen MR) is 89.9 cm³/mol. The number of anilines is 1. The molecule has 0 aliphatic carbocycles. The molecular weight excluding hydrogens is 313 g/mol. The molecule has 2 amide bonds. The maximum absolute atomic E-state index is 13.9. The van der Waals surface area contributed by atoms with Crippen molar-refractivity contribution in [2.24, 2.45) is 0 Å². The molecule has 0 radical (unpaired) electrons. The molecule has 1 aromatic heterocycles. The van der Waals surface area contributed by atoms with Gasteiger partial charge in [0.05, 0.1) is 17.8 Å². The van der Waals surface area contributed by atoms with Crippen LogP contribution in [0.3, 0.4) is 0 Å². The molecule has 0 aliphatic heterocycles. The van der Waals surface area contributed by atoms with Gasteiger partial charge in [0.25, 0.3) is 0 Å². The molecule has 0 fully saturated rings. The fourth-order valence-corrected chi connectivity index (χ4v) is 2.46. The summed E-state index contributed by atoms with van der Waals surface area (Å²) in [6, 6.07) is 7.46. The average molecular weight is 335 g/mol. The van der Waals surface area contributed by atoms with Gasteiger partial charge < -0.3 is 25.0 Å². The smallest absolute Gasteiger partial charge is 0.319 e. The highest BCUT2D eigenvalue weighted by Crippen LogP contribution is 2.19. The van der Waals surface area contributed by atoms with Gasteiger partial charge in [0, 0.05) is 31.8 Å². The van der Waals surface area contributed by atoms with Crippen molar-refractivity contribution in [3.8, 4) is 5.69 Å². The van der Waals surface area contributed by atoms with Gasteiger partial charge >= 0.3 is 6.03 Å². The summed E-state index contributed by atoms with van der Waals surface area (Å²) in [5.41, 5.74) is 0.103. The van der Waals surface area contributed by atoms with Crippen molar-refractivity contribution in [2.45, 2.75) is 18.9 Å². The van der Waals surface area contributed by atoms with E-state index >= 15 is 0 Å². The molecule has 3 N–H and O–H groups in total. The number of amides is 2. The van der Waals surface area contributed by atoms with Crippen molar-refractivity contribution in [1.82, 2.24) is 9.88 Å². The van der Waals surface area contributed by atoms with Gasteiger partial charge in [-0.25, -0.2) is 9.18 Å². The molecule has 130 valence electrons. The van der Waals surface area contributed by atoms with Crippen molar-refractivity contribution in [3.63, 3.8) is 0 Å². The number of rotatable bonds is 7. The number of hydrogen-bond acceptors (Lipinski definition) is 3. The Morgan fingerprint density at radius 3 is 2.71 bits per heavy atom. The number of aromatic nitrogens is 1. The Bertz CT molecular complexity index is 668. The molecule has 0 saturated heterocycles. The Kier molecular flexibility index (Phi) is 5.94. The van der Waals surface area contributed by atoms with Gasteiger partial charge in [-0.1, -0.05) is 0 Å². The highest BCUT2D eigenvalue weighted by Gasteiger charge is 2.26. The first kappa shape index (κ1) is 18.0. The van der Waals surface area contributed by atoms with Crippen LogP contribution in [0, 0.1) is 5.82 Å². The van der Waals surface area contributed by atoms with Crippen LogP contribution in [0.4, 0.5) is 14.9 Å². The molecule has 1 heterocycles. The molecule has 1 aromatic carbocycles. The molecule has 2 rings (SSSR count). The summed E-state index contributed by atoms with van der Waals surface area (Å²) < 4.78 is 20.7. The highest BCUT2D eigenvalue weighted by molar-refractivity contribution is 5.90. The Balaban J connectivity index is 2.10. The van der Waals surface area contributed by atoms with Gasteiger partial charge in [0.2, 0.25) is 0 Å². The molecule has 0 saturated carbocycles. The Hall–Kier alpha value is -2.38. The van der Waals surface area contributed by atoms with Crippen molar-refractivity contribution < 1.29 is 19.0 Å². The first-order chi connectivity index (χ1) is 11.5. The summed E-state index contributed by atoms with van der Waals surface area (Å²) in [5.74, 6) is -0.387. The van der Waals surface area contributed by atoms with E-state index in [0.717, 1.165) is 0 Å². The molecule has 2 aromatic rings. The number of aliphatic hydroxyl groups is 1. The van der Waals surface area contributed by atoms with E-state index in [1.165, 1.54) is 19.2 Å². The number of carbonyl (C=O) groups is 1. The second-order valence-electron chi connectivity index (χ2n) is 5.80. The molecular formula is C17H22FN3O3. The zero-order chi connectivity index (χ0) is 17.6. The largest absolute Gasteiger partial charge is 0.396 e. The Morgan fingerprint density at radius 2 is 2.08 bits per heavy atom. The molecule has 7 heteroatoms. The average Bonchev–Trinajstić information content (AvgIpc) is 3.03. The van der Waals surface area contributed by atoms with Gasteiger partial charge in [-0.3, -0.25) is 0 Å². The van der Waals surface area contributed by atoms with Gasteiger partial charge in [0.15, 0.2) is 0 Å². The molecule has 0 bridgehead atoms. The number of nitrogens with zero attached hydrogens (tertiary/aromatic N) is 1. The number of aliphatic hydroxyl groups excluding tert-OH is 1. The van der Waals surface area contributed by atoms with Gasteiger partial charge in [-0.2, -0.15) is 0 Å². The lowest BCUT2D eigenvalue weighted by Crippen LogP contribution is -2.51. The number of benzene rings is 1. The summed E-state index contributed by atoms with van der Waals surface area (Å²) in [5, 5.41) is 14.6. The lowest BCUT2D eigenvalue weighted by Gasteiger charge is -2.29. The molecule has 1 atom stereocenters. The number of urea groups is 1. The third-order valence-corrected chi connectivity index (χ3v) is 3.63. The number of hydrogen-bond donors (Lipinski definition) is 3. The van der Waals surface area contributed by atoms with Crippen molar-refractivity contribution >= 4 is 11.7 Å². The number of halogens is 1. The Morgan fingerprint density at radius 1 is 1.38 bits per heavy atom. The zero-order valence-electron chi connectivity index (χ0n) is 13.8. The lowest BCUT2D eigenvalue weighted by molar-refractivity contribution is 0.104. The summed E-state index contributed by atoms with van der Waals surface area (Å²) in [6.07, 6.45) is 3.80. The second-order valence-corrected chi connectivity index (χ2v) is 5.80. The van der Waals surface area contributed by atoms with E-state index < -0.39 is 11.6 Å². The summed E-state index contributed by atoms with van der Waals surface area (Å²) in [7, 11) is 1.53. The van der Waals surface area contributed by atoms with Crippen molar-refractivity contribution in [1.29, 1.82) is 0 Å². The normalized spacial score (nSPS) is 13.3. The summed E-state index contributed by atoms with van der Waals surface area (Å²) in [4.78, 5) is 12.2. The molecule has 0 spiro atoms. The molecule has 0 aliphatic rings. The van der Waals surface area contributed by atoms with Crippen LogP contribution in [0.5, 0.6) is 0 Å². The fourth-order valence-electron chi connectivity index (χ4n) is 2.46. The SMILES string of the molecule is COC[C@](C)(CCO)NC(=O)Nc1ccc(F)c(-n2cccc2)c1. The minimum absolute atomic E-state index is 0.0749. The highest BCUT2D eigenvalue weighted by atomic mass is 19.1. The van der Waals surface area contributed by atoms with Gasteiger partial charge in [0.1, 0.15) is 5.82 Å². The van der Waals surface area contributed by atoms with E-state index in [4.69, 9.17) is 9.84 Å². The molecule has 6 nitrogen and oxygen atoms in total. The number of ether oxygens (including phenoxy) is 1. The lowest BCUT2D eigenvalue weighted by atomic mass is 10.00. The van der Waals surface area contributed by atoms with Gasteiger partial charge in [-0.15, -0.1) is 0 Å². The predicted octanol–water partition coefficient (Wildman–Crippen LogP) is 2.53. The van der Waals surface area contributed by atoms with Crippen LogP contribution in [0.15, 0.2) is 42.7 Å². The first-order valence-electron chi connectivity index (χ1n) is 7.59. The van der Waals surface area contributed by atoms with E-state index in [9.17, 15) is 9.18 Å². The Labute approximate surface area is 140 Å². The van der Waals surface area contributed by atoms with E-state index in [1.807, 2.05) is 0 Å². The monoisotopic (exact) mass is 335 g/mol. The minimum Gasteiger partial charge on any atom is -0.396 e. The van der Waals surface area contributed by atoms with E-state index in [2.05, 4.69) is 10.6 Å². The van der Waals surface area contributed by atoms with Crippen molar-refractivity contribution in [2.75, 3.05) is 25.6 Å². The zero-order valence-corrected chi connectivity index (χ0v) is 13.8. The fraction of sp³-hybridized carbons (Fsp3) is 0.353. The molecule has 0 unspecified atom stereocenters. The summed E-state index contributed by atoms with van der Waals surface area (Å²) in [6.45, 7) is 1.97. The third-order valence-electron chi connectivity index (χ3n) is 3.63. The van der Waals surface area contributed by atoms with Crippen LogP contribution in [-0.4, -0.2) is 41.6 Å². The molecule has 24 heavy (non-hydrogen) atoms. The maximum atomic E-state index is 13.9. The van der Waals surface area contributed by atoms with E-state index in [-0.39, 0.29) is 19.0 Å². The third kappa shape index (κ3) is 4.56. The standard InChI is InChI=1S/C17H22FN3O3/c1-17(7-10-22,12-24-2)20-16(23)19-13-5-6-14(18)15(11-13)21-8-3-4-9-21/h3-6,8-9,11,22H,7,10,12H2,1-2H3,(H2,19,20,23)/t17-/m0/s1. The quantitative estimate of drug-likeness (QED) is 0.728. The topological polar surface area (TPSA) is 75.5 Å². The first-order valence-corrected chi connectivity index (χ1v) is 7.59. The van der Waals surface area contributed by atoms with Crippen LogP contribution in [0.1, 0.15) is 13.3 Å². The van der Waals surface area contributed by atoms with E-state index in [0.29, 0.717) is 17.8 Å². The van der Waals surface area contributed by atoms with Crippen LogP contribution in [-0.2, 0) is 4.74 Å². The van der Waals surface area contributed by atoms with Crippen LogP contribution in [0.2, 0.25) is 0 Å². The van der Waals surface area contributed by atoms with Crippen molar-refractivity contribution in [3.05, 3.63) is 48.5 Å². The van der Waals surface area contributed by atoms with Crippen LogP contribution in [0.25, 0.3) is 5.69 Å². The number of carbonyl (C=O) groups excluding carboxylic acids is 1. The summed E-state index contributed by atoms with van der Waals surface area (Å²) >= 11 is 0. The van der Waals surface area contributed by atoms with Crippen LogP contribution >= 0.6 is 0 Å². The number of nitrogens with one attached hydrogen (secondary N) is 2. The second kappa shape index (κ2) is 7.94.